The first-order valence-corrected chi connectivity index (χ1v) is 11.1. The molecule has 3 aromatic heterocycles. The predicted molar refractivity (Wildman–Crippen MR) is 120 cm³/mol. The summed E-state index contributed by atoms with van der Waals surface area (Å²) in [5.74, 6) is -0.807. The molecule has 0 saturated carbocycles. The third kappa shape index (κ3) is 5.83. The summed E-state index contributed by atoms with van der Waals surface area (Å²) in [6.45, 7) is -0.951. The van der Waals surface area contributed by atoms with E-state index in [-0.39, 0.29) is 34.6 Å². The second-order valence-corrected chi connectivity index (χ2v) is 8.34. The number of nitrogens with zero attached hydrogens (tertiary/aromatic N) is 8. The van der Waals surface area contributed by atoms with Crippen LogP contribution in [0.2, 0.25) is 0 Å². The molecule has 0 unspecified atom stereocenters. The number of aromatic nitrogens is 7. The molecule has 0 aromatic carbocycles. The monoisotopic (exact) mass is 529 g/mol. The molecule has 4 atom stereocenters. The van der Waals surface area contributed by atoms with Gasteiger partial charge in [-0.25, -0.2) is 14.9 Å². The Bertz CT molecular complexity index is 1360. The minimum absolute atomic E-state index is 0.0189. The van der Waals surface area contributed by atoms with Gasteiger partial charge in [0.05, 0.1) is 18.6 Å². The summed E-state index contributed by atoms with van der Waals surface area (Å²) >= 11 is 0.857. The van der Waals surface area contributed by atoms with Crippen molar-refractivity contribution in [1.82, 2.24) is 39.8 Å². The summed E-state index contributed by atoms with van der Waals surface area (Å²) in [5, 5.41) is 65.7. The number of carbonyl (C=O) groups is 1. The molecule has 0 spiro atoms. The lowest BCUT2D eigenvalue weighted by Gasteiger charge is -2.23. The van der Waals surface area contributed by atoms with Crippen molar-refractivity contribution >= 4 is 35.0 Å². The molecule has 36 heavy (non-hydrogen) atoms. The fourth-order valence-corrected chi connectivity index (χ4v) is 3.44. The highest BCUT2D eigenvalue weighted by atomic mass is 32.2. The molecule has 19 heteroatoms. The molecule has 0 radical (unpaired) electrons. The van der Waals surface area contributed by atoms with Crippen LogP contribution in [0.15, 0.2) is 24.3 Å². The van der Waals surface area contributed by atoms with Crippen LogP contribution in [0.1, 0.15) is 5.89 Å². The van der Waals surface area contributed by atoms with Gasteiger partial charge >= 0.3 is 5.69 Å². The van der Waals surface area contributed by atoms with Crippen LogP contribution in [0, 0.1) is 0 Å². The maximum Gasteiger partial charge on any atom is 0.332 e. The van der Waals surface area contributed by atoms with Gasteiger partial charge in [0, 0.05) is 14.1 Å². The largest absolute Gasteiger partial charge is 0.414 e. The van der Waals surface area contributed by atoms with Crippen molar-refractivity contribution in [2.75, 3.05) is 12.4 Å². The molecular weight excluding hydrogens is 506 g/mol. The SMILES string of the molecule is Cn1c(=O)c2c(nnn2Cc2nnc(SCC(=O)N/N=C/[C@@H](O)[C@@H](O)[C@H](O)[C@H](O)CO)o2)n(C)c1=O. The van der Waals surface area contributed by atoms with Crippen LogP contribution in [0.5, 0.6) is 0 Å². The minimum Gasteiger partial charge on any atom is -0.414 e. The van der Waals surface area contributed by atoms with E-state index in [1.54, 1.807) is 0 Å². The van der Waals surface area contributed by atoms with Gasteiger partial charge < -0.3 is 29.9 Å². The van der Waals surface area contributed by atoms with Crippen LogP contribution >= 0.6 is 11.8 Å². The number of rotatable bonds is 11. The number of hydrazone groups is 1. The Hall–Kier alpha value is -3.49. The first kappa shape index (κ1) is 27.1. The normalized spacial score (nSPS) is 15.3. The van der Waals surface area contributed by atoms with Crippen molar-refractivity contribution in [2.24, 2.45) is 19.2 Å². The van der Waals surface area contributed by atoms with Gasteiger partial charge in [-0.3, -0.25) is 18.7 Å². The molecule has 0 saturated heterocycles. The number of aryl methyl sites for hydroxylation is 1. The zero-order valence-corrected chi connectivity index (χ0v) is 19.7. The van der Waals surface area contributed by atoms with Crippen LogP contribution in [-0.2, 0) is 25.4 Å². The fraction of sp³-hybridized carbons (Fsp3) is 0.529. The van der Waals surface area contributed by atoms with Crippen molar-refractivity contribution in [3.8, 4) is 0 Å². The van der Waals surface area contributed by atoms with Crippen molar-refractivity contribution in [2.45, 2.75) is 36.2 Å². The van der Waals surface area contributed by atoms with E-state index >= 15 is 0 Å². The van der Waals surface area contributed by atoms with Gasteiger partial charge in [0.1, 0.15) is 31.0 Å². The van der Waals surface area contributed by atoms with E-state index in [4.69, 9.17) is 9.52 Å². The van der Waals surface area contributed by atoms with Crippen LogP contribution < -0.4 is 16.7 Å². The topological polar surface area (TPSA) is 256 Å². The molecule has 18 nitrogen and oxygen atoms in total. The zero-order chi connectivity index (χ0) is 26.6. The Labute approximate surface area is 204 Å². The van der Waals surface area contributed by atoms with Gasteiger partial charge in [0.15, 0.2) is 11.2 Å². The smallest absolute Gasteiger partial charge is 0.332 e. The lowest BCUT2D eigenvalue weighted by atomic mass is 10.0. The number of aliphatic hydroxyl groups is 5. The molecule has 6 N–H and O–H groups in total. The molecule has 1 amide bonds. The Kier molecular flexibility index (Phi) is 8.66. The maximum absolute atomic E-state index is 12.5. The number of hydrogen-bond acceptors (Lipinski definition) is 15. The molecular formula is C17H23N9O9S. The van der Waals surface area contributed by atoms with Crippen molar-refractivity contribution in [3.05, 3.63) is 26.7 Å². The van der Waals surface area contributed by atoms with E-state index in [1.807, 2.05) is 0 Å². The van der Waals surface area contributed by atoms with E-state index in [1.165, 1.54) is 23.3 Å². The first-order chi connectivity index (χ1) is 17.0. The summed E-state index contributed by atoms with van der Waals surface area (Å²) in [6.07, 6.45) is -6.37. The quantitative estimate of drug-likeness (QED) is 0.0771. The molecule has 196 valence electrons. The first-order valence-electron chi connectivity index (χ1n) is 10.1. The second-order valence-electron chi connectivity index (χ2n) is 7.41. The molecule has 3 rings (SSSR count). The summed E-state index contributed by atoms with van der Waals surface area (Å²) < 4.78 is 8.72. The summed E-state index contributed by atoms with van der Waals surface area (Å²) in [5.41, 5.74) is 1.08. The third-order valence-corrected chi connectivity index (χ3v) is 5.69. The van der Waals surface area contributed by atoms with Crippen molar-refractivity contribution in [3.63, 3.8) is 0 Å². The Morgan fingerprint density at radius 3 is 2.56 bits per heavy atom. The number of thioether (sulfide) groups is 1. The highest BCUT2D eigenvalue weighted by Gasteiger charge is 2.29. The van der Waals surface area contributed by atoms with Gasteiger partial charge in [-0.1, -0.05) is 17.0 Å². The molecule has 0 fully saturated rings. The summed E-state index contributed by atoms with van der Waals surface area (Å²) in [7, 11) is 2.78. The third-order valence-electron chi connectivity index (χ3n) is 4.87. The second kappa shape index (κ2) is 11.5. The minimum atomic E-state index is -1.86. The number of nitrogens with one attached hydrogen (secondary N) is 1. The van der Waals surface area contributed by atoms with Crippen molar-refractivity contribution < 1.29 is 34.7 Å². The van der Waals surface area contributed by atoms with E-state index in [0.717, 1.165) is 22.5 Å². The molecule has 3 heterocycles. The van der Waals surface area contributed by atoms with Gasteiger partial charge in [0.2, 0.25) is 5.89 Å². The maximum atomic E-state index is 12.5. The van der Waals surface area contributed by atoms with Gasteiger partial charge in [0.25, 0.3) is 16.7 Å². The number of amides is 1. The zero-order valence-electron chi connectivity index (χ0n) is 18.9. The summed E-state index contributed by atoms with van der Waals surface area (Å²) in [6, 6.07) is 0. The number of fused-ring (bicyclic) bond motifs is 1. The van der Waals surface area contributed by atoms with Crippen LogP contribution in [0.25, 0.3) is 11.2 Å². The van der Waals surface area contributed by atoms with Gasteiger partial charge in [-0.15, -0.1) is 15.3 Å². The van der Waals surface area contributed by atoms with E-state index in [9.17, 15) is 34.8 Å². The van der Waals surface area contributed by atoms with E-state index < -0.39 is 48.2 Å². The number of aliphatic hydroxyl groups excluding tert-OH is 5. The molecule has 0 aliphatic heterocycles. The number of hydrogen-bond donors (Lipinski definition) is 6. The van der Waals surface area contributed by atoms with Crippen LogP contribution in [0.3, 0.4) is 0 Å². The Morgan fingerprint density at radius 2 is 1.86 bits per heavy atom. The fourth-order valence-electron chi connectivity index (χ4n) is 2.87. The Balaban J connectivity index is 1.55. The van der Waals surface area contributed by atoms with Crippen LogP contribution in [-0.4, -0.2) is 109 Å². The average molecular weight is 529 g/mol. The Morgan fingerprint density at radius 1 is 1.14 bits per heavy atom. The molecule has 0 aliphatic rings. The standard InChI is InChI=1S/C17H23N9O9S/c1-24-14-11(15(33)25(2)17(24)34)26(23-21-14)4-10-20-22-16(35-10)36-6-9(30)19-18-3-7(28)12(31)13(32)8(29)5-27/h3,7-8,12-13,27-29,31-32H,4-6H2,1-2H3,(H,19,30)/b18-3+/t7-,8-,12-,13-/m1/s1. The average Bonchev–Trinajstić information content (AvgIpc) is 3.50. The number of carbonyl (C=O) groups excluding carboxylic acids is 1. The van der Waals surface area contributed by atoms with Gasteiger partial charge in [-0.2, -0.15) is 5.10 Å². The van der Waals surface area contributed by atoms with Crippen LogP contribution in [0.4, 0.5) is 0 Å². The van der Waals surface area contributed by atoms with Gasteiger partial charge in [-0.05, 0) is 0 Å². The lowest BCUT2D eigenvalue weighted by molar-refractivity contribution is -0.118. The predicted octanol–water partition coefficient (Wildman–Crippen LogP) is -5.11. The lowest BCUT2D eigenvalue weighted by Crippen LogP contribution is -2.46. The van der Waals surface area contributed by atoms with E-state index in [0.29, 0.717) is 0 Å². The highest BCUT2D eigenvalue weighted by molar-refractivity contribution is 7.99. The summed E-state index contributed by atoms with van der Waals surface area (Å²) in [4.78, 5) is 36.4. The molecule has 3 aromatic rings. The van der Waals surface area contributed by atoms with Crippen molar-refractivity contribution in [1.29, 1.82) is 0 Å². The van der Waals surface area contributed by atoms with E-state index in [2.05, 4.69) is 31.0 Å². The molecule has 0 aliphatic carbocycles. The molecule has 0 bridgehead atoms. The highest BCUT2D eigenvalue weighted by Crippen LogP contribution is 2.16.